The molecule has 0 aromatic heterocycles. The molecule has 0 spiro atoms. The summed E-state index contributed by atoms with van der Waals surface area (Å²) >= 11 is 5.23. The largest absolute Gasteiger partial charge is 0.427 e. The lowest BCUT2D eigenvalue weighted by atomic mass is 10.4. The van der Waals surface area contributed by atoms with E-state index in [9.17, 15) is 14.0 Å². The van der Waals surface area contributed by atoms with Crippen LogP contribution in [0.15, 0.2) is 60.7 Å². The second-order valence-corrected chi connectivity index (χ2v) is 8.73. The van der Waals surface area contributed by atoms with E-state index in [0.717, 1.165) is 0 Å². The predicted molar refractivity (Wildman–Crippen MR) is 76.5 cm³/mol. The highest BCUT2D eigenvalue weighted by molar-refractivity contribution is 7.89. The summed E-state index contributed by atoms with van der Waals surface area (Å²) in [4.78, 5) is 9.20. The molecule has 19 heavy (non-hydrogen) atoms. The summed E-state index contributed by atoms with van der Waals surface area (Å²) in [6, 6.07) is 16.5. The van der Waals surface area contributed by atoms with Crippen LogP contribution in [0.2, 0.25) is 0 Å². The first kappa shape index (κ1) is 14.5. The first-order chi connectivity index (χ1) is 8.92. The zero-order valence-corrected chi connectivity index (χ0v) is 12.3. The summed E-state index contributed by atoms with van der Waals surface area (Å²) in [6.45, 7) is -4.41. The van der Waals surface area contributed by atoms with Gasteiger partial charge in [0.05, 0.1) is 0 Å². The van der Waals surface area contributed by atoms with E-state index >= 15 is 0 Å². The Morgan fingerprint density at radius 3 is 1.53 bits per heavy atom. The lowest BCUT2D eigenvalue weighted by molar-refractivity contribution is 0.401. The summed E-state index contributed by atoms with van der Waals surface area (Å²) in [5.74, 6) is 0. The standard InChI is InChI=1S/C12H11ClO4P2/c13-19(15,16)17-18(14,11-7-3-1-4-8-11)12-9-5-2-6-10-12/h1-10H,(H,15,16). The Labute approximate surface area is 115 Å². The zero-order valence-electron chi connectivity index (χ0n) is 9.72. The van der Waals surface area contributed by atoms with Gasteiger partial charge in [-0.2, -0.15) is 0 Å². The maximum atomic E-state index is 13.0. The Balaban J connectivity index is 2.58. The van der Waals surface area contributed by atoms with Crippen molar-refractivity contribution in [1.82, 2.24) is 0 Å². The number of halogens is 1. The maximum Gasteiger partial charge on any atom is 0.427 e. The molecule has 0 aliphatic rings. The van der Waals surface area contributed by atoms with E-state index in [1.54, 1.807) is 60.7 Å². The summed E-state index contributed by atoms with van der Waals surface area (Å²) in [6.07, 6.45) is 0. The molecule has 7 heteroatoms. The van der Waals surface area contributed by atoms with Crippen LogP contribution in [0.3, 0.4) is 0 Å². The average Bonchev–Trinajstić information content (AvgIpc) is 2.39. The van der Waals surface area contributed by atoms with Crippen LogP contribution in [0.5, 0.6) is 0 Å². The van der Waals surface area contributed by atoms with Crippen molar-refractivity contribution in [2.75, 3.05) is 0 Å². The highest BCUT2D eigenvalue weighted by Gasteiger charge is 2.35. The van der Waals surface area contributed by atoms with Gasteiger partial charge in [0.25, 0.3) is 7.37 Å². The number of rotatable bonds is 4. The van der Waals surface area contributed by atoms with Crippen molar-refractivity contribution < 1.29 is 18.3 Å². The SMILES string of the molecule is O=P(O)(Cl)OP(=O)(c1ccccc1)c1ccccc1. The van der Waals surface area contributed by atoms with Crippen molar-refractivity contribution in [3.63, 3.8) is 0 Å². The molecule has 0 aliphatic carbocycles. The summed E-state index contributed by atoms with van der Waals surface area (Å²) < 4.78 is 29.1. The Hall–Kier alpha value is -0.890. The third-order valence-electron chi connectivity index (χ3n) is 2.41. The molecule has 4 nitrogen and oxygen atoms in total. The Morgan fingerprint density at radius 1 is 0.842 bits per heavy atom. The fraction of sp³-hybridized carbons (Fsp3) is 0. The molecule has 1 unspecified atom stereocenters. The monoisotopic (exact) mass is 316 g/mol. The van der Waals surface area contributed by atoms with Crippen LogP contribution in [0, 0.1) is 0 Å². The van der Waals surface area contributed by atoms with Crippen LogP contribution >= 0.6 is 25.6 Å². The highest BCUT2D eigenvalue weighted by atomic mass is 35.7. The Morgan fingerprint density at radius 2 is 1.21 bits per heavy atom. The van der Waals surface area contributed by atoms with Crippen LogP contribution in [-0.2, 0) is 13.4 Å². The normalized spacial score (nSPS) is 14.8. The van der Waals surface area contributed by atoms with Crippen LogP contribution in [0.1, 0.15) is 0 Å². The molecule has 1 atom stereocenters. The summed E-state index contributed by atoms with van der Waals surface area (Å²) in [5, 5.41) is 0.632. The molecule has 0 saturated carbocycles. The topological polar surface area (TPSA) is 63.6 Å². The molecule has 0 heterocycles. The molecule has 0 radical (unpaired) electrons. The van der Waals surface area contributed by atoms with Gasteiger partial charge in [0.15, 0.2) is 0 Å². The highest BCUT2D eigenvalue weighted by Crippen LogP contribution is 2.62. The van der Waals surface area contributed by atoms with E-state index in [2.05, 4.69) is 0 Å². The van der Waals surface area contributed by atoms with E-state index in [1.165, 1.54) is 0 Å². The van der Waals surface area contributed by atoms with Crippen LogP contribution < -0.4 is 10.6 Å². The van der Waals surface area contributed by atoms with E-state index in [4.69, 9.17) is 15.6 Å². The second-order valence-electron chi connectivity index (χ2n) is 3.76. The molecule has 2 aromatic carbocycles. The molecule has 2 aromatic rings. The molecule has 0 amide bonds. The van der Waals surface area contributed by atoms with Crippen LogP contribution in [0.25, 0.3) is 0 Å². The minimum atomic E-state index is -4.41. The van der Waals surface area contributed by atoms with Gasteiger partial charge in [0.2, 0.25) is 0 Å². The molecule has 0 bridgehead atoms. The molecule has 0 aliphatic heterocycles. The van der Waals surface area contributed by atoms with Gasteiger partial charge in [-0.15, -0.1) is 0 Å². The van der Waals surface area contributed by atoms with Crippen molar-refractivity contribution in [1.29, 1.82) is 0 Å². The van der Waals surface area contributed by atoms with E-state index in [-0.39, 0.29) is 0 Å². The predicted octanol–water partition coefficient (Wildman–Crippen LogP) is 3.27. The van der Waals surface area contributed by atoms with Gasteiger partial charge in [-0.1, -0.05) is 36.4 Å². The van der Waals surface area contributed by atoms with E-state index < -0.39 is 14.3 Å². The van der Waals surface area contributed by atoms with E-state index in [1.807, 2.05) is 0 Å². The van der Waals surface area contributed by atoms with E-state index in [0.29, 0.717) is 10.6 Å². The second kappa shape index (κ2) is 5.62. The molecule has 0 fully saturated rings. The molecule has 2 rings (SSSR count). The van der Waals surface area contributed by atoms with Gasteiger partial charge in [-0.3, -0.25) is 4.57 Å². The molecular formula is C12H11ClO4P2. The van der Waals surface area contributed by atoms with Crippen molar-refractivity contribution in [2.24, 2.45) is 0 Å². The van der Waals surface area contributed by atoms with Gasteiger partial charge in [0.1, 0.15) is 0 Å². The molecule has 100 valence electrons. The fourth-order valence-corrected chi connectivity index (χ4v) is 5.73. The molecule has 1 N–H and O–H groups in total. The average molecular weight is 317 g/mol. The Bertz CT molecular complexity index is 596. The third kappa shape index (κ3) is 3.56. The lowest BCUT2D eigenvalue weighted by Gasteiger charge is -2.19. The van der Waals surface area contributed by atoms with Gasteiger partial charge in [-0.05, 0) is 24.3 Å². The van der Waals surface area contributed by atoms with Crippen molar-refractivity contribution >= 4 is 36.2 Å². The van der Waals surface area contributed by atoms with Crippen molar-refractivity contribution in [3.05, 3.63) is 60.7 Å². The quantitative estimate of drug-likeness (QED) is 0.879. The van der Waals surface area contributed by atoms with Crippen molar-refractivity contribution in [2.45, 2.75) is 0 Å². The first-order valence-corrected chi connectivity index (χ1v) is 9.48. The molecule has 0 saturated heterocycles. The Kier molecular flexibility index (Phi) is 4.29. The smallest absolute Gasteiger partial charge is 0.312 e. The fourth-order valence-electron chi connectivity index (χ4n) is 1.63. The van der Waals surface area contributed by atoms with Gasteiger partial charge < -0.3 is 4.89 Å². The number of benzene rings is 2. The number of hydrogen-bond donors (Lipinski definition) is 1. The minimum absolute atomic E-state index is 0.316. The van der Waals surface area contributed by atoms with Crippen LogP contribution in [0.4, 0.5) is 0 Å². The van der Waals surface area contributed by atoms with Crippen molar-refractivity contribution in [3.8, 4) is 0 Å². The molecular weight excluding hydrogens is 306 g/mol. The summed E-state index contributed by atoms with van der Waals surface area (Å²) in [7, 11) is -3.69. The number of hydrogen-bond acceptors (Lipinski definition) is 3. The van der Waals surface area contributed by atoms with Gasteiger partial charge in [-0.25, -0.2) is 8.88 Å². The maximum absolute atomic E-state index is 13.0. The summed E-state index contributed by atoms with van der Waals surface area (Å²) in [5.41, 5.74) is 0. The third-order valence-corrected chi connectivity index (χ3v) is 6.64. The minimum Gasteiger partial charge on any atom is -0.312 e. The van der Waals surface area contributed by atoms with Gasteiger partial charge in [0, 0.05) is 21.8 Å². The first-order valence-electron chi connectivity index (χ1n) is 5.37. The lowest BCUT2D eigenvalue weighted by Crippen LogP contribution is -2.16. The van der Waals surface area contributed by atoms with Gasteiger partial charge >= 0.3 is 6.95 Å². The van der Waals surface area contributed by atoms with Crippen LogP contribution in [-0.4, -0.2) is 4.89 Å². The zero-order chi connectivity index (χ0) is 13.9.